The molecule has 0 saturated heterocycles. The van der Waals surface area contributed by atoms with Crippen molar-refractivity contribution in [3.05, 3.63) is 53.7 Å². The first-order chi connectivity index (χ1) is 10.1. The lowest BCUT2D eigenvalue weighted by molar-refractivity contribution is 0.559. The number of rotatable bonds is 6. The number of pyridine rings is 1. The van der Waals surface area contributed by atoms with Crippen molar-refractivity contribution in [3.8, 4) is 0 Å². The van der Waals surface area contributed by atoms with Crippen LogP contribution in [0.2, 0.25) is 0 Å². The predicted molar refractivity (Wildman–Crippen MR) is 81.4 cm³/mol. The Morgan fingerprint density at radius 1 is 1.29 bits per heavy atom. The van der Waals surface area contributed by atoms with Gasteiger partial charge in [-0.1, -0.05) is 24.8 Å². The maximum atomic E-state index is 13.8. The van der Waals surface area contributed by atoms with Crippen LogP contribution in [-0.4, -0.2) is 11.5 Å². The highest BCUT2D eigenvalue weighted by Crippen LogP contribution is 2.33. The second-order valence-electron chi connectivity index (χ2n) is 4.75. The highest BCUT2D eigenvalue weighted by atomic mass is 32.2. The van der Waals surface area contributed by atoms with Gasteiger partial charge in [-0.3, -0.25) is 0 Å². The van der Waals surface area contributed by atoms with Crippen molar-refractivity contribution in [1.82, 2.24) is 10.3 Å². The van der Waals surface area contributed by atoms with E-state index in [1.54, 1.807) is 6.20 Å². The number of aromatic nitrogens is 1. The van der Waals surface area contributed by atoms with Gasteiger partial charge in [0.05, 0.1) is 4.90 Å². The van der Waals surface area contributed by atoms with Crippen molar-refractivity contribution in [2.75, 3.05) is 6.54 Å². The summed E-state index contributed by atoms with van der Waals surface area (Å²) in [6.45, 7) is 5.04. The van der Waals surface area contributed by atoms with E-state index >= 15 is 0 Å². The molecular weight excluding hydrogens is 290 g/mol. The van der Waals surface area contributed by atoms with E-state index in [4.69, 9.17) is 0 Å². The molecule has 0 bridgehead atoms. The van der Waals surface area contributed by atoms with Gasteiger partial charge in [-0.2, -0.15) is 0 Å². The molecule has 2 nitrogen and oxygen atoms in total. The lowest BCUT2D eigenvalue weighted by Crippen LogP contribution is -2.20. The Bertz CT molecular complexity index is 605. The van der Waals surface area contributed by atoms with Crippen molar-refractivity contribution in [2.45, 2.75) is 36.2 Å². The molecule has 0 saturated carbocycles. The fourth-order valence-electron chi connectivity index (χ4n) is 1.95. The van der Waals surface area contributed by atoms with Gasteiger partial charge >= 0.3 is 0 Å². The molecule has 0 fully saturated rings. The van der Waals surface area contributed by atoms with Crippen LogP contribution in [0, 0.1) is 11.6 Å². The summed E-state index contributed by atoms with van der Waals surface area (Å²) in [6.07, 6.45) is 2.70. The molecule has 0 spiro atoms. The van der Waals surface area contributed by atoms with Crippen LogP contribution in [0.1, 0.15) is 31.9 Å². The molecule has 21 heavy (non-hydrogen) atoms. The van der Waals surface area contributed by atoms with Gasteiger partial charge < -0.3 is 5.32 Å². The highest BCUT2D eigenvalue weighted by molar-refractivity contribution is 7.99. The minimum Gasteiger partial charge on any atom is -0.310 e. The first kappa shape index (κ1) is 15.9. The molecule has 1 N–H and O–H groups in total. The molecule has 112 valence electrons. The van der Waals surface area contributed by atoms with Crippen molar-refractivity contribution in [1.29, 1.82) is 0 Å². The van der Waals surface area contributed by atoms with Crippen LogP contribution in [0.4, 0.5) is 8.78 Å². The standard InChI is InChI=1S/C16H18F2N2S/c1-3-8-19-11(2)13-5-4-9-20-16(13)21-15-10-12(17)6-7-14(15)18/h4-7,9-11,19H,3,8H2,1-2H3. The first-order valence-corrected chi connectivity index (χ1v) is 7.74. The molecule has 5 heteroatoms. The fourth-order valence-corrected chi connectivity index (χ4v) is 2.97. The summed E-state index contributed by atoms with van der Waals surface area (Å²) in [5.74, 6) is -0.888. The van der Waals surface area contributed by atoms with E-state index in [0.717, 1.165) is 42.4 Å². The van der Waals surface area contributed by atoms with Crippen molar-refractivity contribution in [3.63, 3.8) is 0 Å². The average Bonchev–Trinajstić information content (AvgIpc) is 2.49. The number of hydrogen-bond acceptors (Lipinski definition) is 3. The molecule has 0 amide bonds. The van der Waals surface area contributed by atoms with E-state index < -0.39 is 11.6 Å². The number of nitrogens with one attached hydrogen (secondary N) is 1. The van der Waals surface area contributed by atoms with Gasteiger partial charge in [0.15, 0.2) is 0 Å². The Kier molecular flexibility index (Phi) is 5.70. The molecular formula is C16H18F2N2S. The SMILES string of the molecule is CCCNC(C)c1cccnc1Sc1cc(F)ccc1F. The summed E-state index contributed by atoms with van der Waals surface area (Å²) >= 11 is 1.15. The Labute approximate surface area is 128 Å². The first-order valence-electron chi connectivity index (χ1n) is 6.93. The minimum absolute atomic E-state index is 0.109. The number of benzene rings is 1. The van der Waals surface area contributed by atoms with E-state index in [1.807, 2.05) is 19.1 Å². The monoisotopic (exact) mass is 308 g/mol. The summed E-state index contributed by atoms with van der Waals surface area (Å²) in [6, 6.07) is 7.37. The number of nitrogens with zero attached hydrogens (tertiary/aromatic N) is 1. The lowest BCUT2D eigenvalue weighted by atomic mass is 10.1. The van der Waals surface area contributed by atoms with E-state index in [-0.39, 0.29) is 10.9 Å². The van der Waals surface area contributed by atoms with Crippen LogP contribution in [0.3, 0.4) is 0 Å². The smallest absolute Gasteiger partial charge is 0.137 e. The predicted octanol–water partition coefficient (Wildman–Crippen LogP) is 4.57. The topological polar surface area (TPSA) is 24.9 Å². The number of halogens is 2. The van der Waals surface area contributed by atoms with E-state index in [9.17, 15) is 8.78 Å². The molecule has 2 rings (SSSR count). The van der Waals surface area contributed by atoms with Crippen molar-refractivity contribution in [2.24, 2.45) is 0 Å². The minimum atomic E-state index is -0.450. The molecule has 1 unspecified atom stereocenters. The van der Waals surface area contributed by atoms with E-state index in [1.165, 1.54) is 6.07 Å². The van der Waals surface area contributed by atoms with Gasteiger partial charge in [0.2, 0.25) is 0 Å². The molecule has 1 heterocycles. The van der Waals surface area contributed by atoms with Crippen LogP contribution < -0.4 is 5.32 Å². The highest BCUT2D eigenvalue weighted by Gasteiger charge is 2.14. The molecule has 1 aromatic heterocycles. The van der Waals surface area contributed by atoms with Gasteiger partial charge in [0.1, 0.15) is 16.7 Å². The van der Waals surface area contributed by atoms with Gasteiger partial charge in [-0.25, -0.2) is 13.8 Å². The second-order valence-corrected chi connectivity index (χ2v) is 5.78. The van der Waals surface area contributed by atoms with Crippen LogP contribution in [0.5, 0.6) is 0 Å². The molecule has 0 aliphatic rings. The maximum absolute atomic E-state index is 13.8. The summed E-state index contributed by atoms with van der Waals surface area (Å²) < 4.78 is 27.0. The zero-order valence-corrected chi connectivity index (χ0v) is 12.9. The average molecular weight is 308 g/mol. The van der Waals surface area contributed by atoms with Crippen LogP contribution in [0.15, 0.2) is 46.5 Å². The van der Waals surface area contributed by atoms with Gasteiger partial charge in [-0.15, -0.1) is 0 Å². The van der Waals surface area contributed by atoms with Gasteiger partial charge in [0, 0.05) is 17.8 Å². The molecule has 0 aliphatic heterocycles. The third-order valence-corrected chi connectivity index (χ3v) is 4.13. The Hall–Kier alpha value is -1.46. The third-order valence-electron chi connectivity index (χ3n) is 3.07. The maximum Gasteiger partial charge on any atom is 0.137 e. The Balaban J connectivity index is 2.25. The molecule has 1 aromatic carbocycles. The molecule has 2 aromatic rings. The lowest BCUT2D eigenvalue weighted by Gasteiger charge is -2.16. The van der Waals surface area contributed by atoms with Crippen LogP contribution >= 0.6 is 11.8 Å². The van der Waals surface area contributed by atoms with Gasteiger partial charge in [0.25, 0.3) is 0 Å². The Morgan fingerprint density at radius 3 is 2.86 bits per heavy atom. The van der Waals surface area contributed by atoms with Gasteiger partial charge in [-0.05, 0) is 44.2 Å². The van der Waals surface area contributed by atoms with E-state index in [2.05, 4.69) is 17.2 Å². The van der Waals surface area contributed by atoms with Crippen LogP contribution in [0.25, 0.3) is 0 Å². The summed E-state index contributed by atoms with van der Waals surface area (Å²) in [5.41, 5.74) is 0.986. The Morgan fingerprint density at radius 2 is 2.10 bits per heavy atom. The van der Waals surface area contributed by atoms with E-state index in [0.29, 0.717) is 5.03 Å². The summed E-state index contributed by atoms with van der Waals surface area (Å²) in [4.78, 5) is 4.56. The molecule has 0 radical (unpaired) electrons. The van der Waals surface area contributed by atoms with Crippen molar-refractivity contribution < 1.29 is 8.78 Å². The zero-order valence-electron chi connectivity index (χ0n) is 12.1. The fraction of sp³-hybridized carbons (Fsp3) is 0.312. The molecule has 0 aliphatic carbocycles. The summed E-state index contributed by atoms with van der Waals surface area (Å²) in [7, 11) is 0. The number of hydrogen-bond donors (Lipinski definition) is 1. The normalized spacial score (nSPS) is 12.4. The summed E-state index contributed by atoms with van der Waals surface area (Å²) in [5, 5.41) is 4.07. The molecule has 1 atom stereocenters. The van der Waals surface area contributed by atoms with Crippen molar-refractivity contribution >= 4 is 11.8 Å². The zero-order chi connectivity index (χ0) is 15.2. The second kappa shape index (κ2) is 7.52. The largest absolute Gasteiger partial charge is 0.310 e. The third kappa shape index (κ3) is 4.25. The quantitative estimate of drug-likeness (QED) is 0.846. The van der Waals surface area contributed by atoms with Crippen LogP contribution in [-0.2, 0) is 0 Å².